The highest BCUT2D eigenvalue weighted by molar-refractivity contribution is 7.89. The third kappa shape index (κ3) is 3.76. The van der Waals surface area contributed by atoms with E-state index < -0.39 is 10.0 Å². The van der Waals surface area contributed by atoms with Crippen LogP contribution in [0.2, 0.25) is 10.0 Å². The first-order valence-corrected chi connectivity index (χ1v) is 6.93. The summed E-state index contributed by atoms with van der Waals surface area (Å²) in [6.45, 7) is 3.25. The largest absolute Gasteiger partial charge is 0.399 e. The van der Waals surface area contributed by atoms with E-state index in [-0.39, 0.29) is 32.2 Å². The van der Waals surface area contributed by atoms with Gasteiger partial charge in [-0.05, 0) is 12.1 Å². The van der Waals surface area contributed by atoms with E-state index in [2.05, 4.69) is 11.3 Å². The molecule has 0 fully saturated rings. The summed E-state index contributed by atoms with van der Waals surface area (Å²) in [6, 6.07) is 2.61. The molecule has 0 bridgehead atoms. The molecule has 0 aliphatic carbocycles. The standard InChI is InChI=1S/C9H9Cl3N2O2S/c1-5(10)4-14-17(15,16)9-7(11)2-6(13)3-8(9)12/h2-3,14H,1,4,13H2. The third-order valence-corrected chi connectivity index (χ3v) is 4.20. The first-order chi connectivity index (χ1) is 7.74. The molecular weight excluding hydrogens is 307 g/mol. The molecule has 8 heteroatoms. The fourth-order valence-corrected chi connectivity index (χ4v) is 3.48. The van der Waals surface area contributed by atoms with Crippen molar-refractivity contribution in [3.05, 3.63) is 33.8 Å². The number of nitrogen functional groups attached to an aromatic ring is 1. The third-order valence-electron chi connectivity index (χ3n) is 1.74. The number of halogens is 3. The fourth-order valence-electron chi connectivity index (χ4n) is 1.08. The Morgan fingerprint density at radius 2 is 1.82 bits per heavy atom. The second kappa shape index (κ2) is 5.46. The number of benzene rings is 1. The lowest BCUT2D eigenvalue weighted by Crippen LogP contribution is -2.25. The SMILES string of the molecule is C=C(Cl)CNS(=O)(=O)c1c(Cl)cc(N)cc1Cl. The molecule has 0 saturated carbocycles. The zero-order valence-electron chi connectivity index (χ0n) is 8.50. The minimum absolute atomic E-state index is 0.0531. The van der Waals surface area contributed by atoms with Crippen LogP contribution in [-0.2, 0) is 10.0 Å². The van der Waals surface area contributed by atoms with Crippen LogP contribution in [-0.4, -0.2) is 15.0 Å². The molecule has 0 radical (unpaired) electrons. The normalized spacial score (nSPS) is 11.5. The van der Waals surface area contributed by atoms with Gasteiger partial charge in [0.1, 0.15) is 4.90 Å². The van der Waals surface area contributed by atoms with Crippen LogP contribution in [0.15, 0.2) is 28.6 Å². The van der Waals surface area contributed by atoms with Crippen LogP contribution in [0.4, 0.5) is 5.69 Å². The predicted octanol–water partition coefficient (Wildman–Crippen LogP) is 2.61. The van der Waals surface area contributed by atoms with Crippen molar-refractivity contribution < 1.29 is 8.42 Å². The van der Waals surface area contributed by atoms with Crippen LogP contribution in [0.1, 0.15) is 0 Å². The molecular formula is C9H9Cl3N2O2S. The first-order valence-electron chi connectivity index (χ1n) is 4.31. The van der Waals surface area contributed by atoms with E-state index in [4.69, 9.17) is 40.5 Å². The van der Waals surface area contributed by atoms with Gasteiger partial charge in [0.05, 0.1) is 10.0 Å². The average molecular weight is 316 g/mol. The quantitative estimate of drug-likeness (QED) is 0.839. The number of hydrogen-bond acceptors (Lipinski definition) is 3. The molecule has 0 aliphatic rings. The van der Waals surface area contributed by atoms with E-state index >= 15 is 0 Å². The Bertz CT molecular complexity index is 534. The molecule has 0 aromatic heterocycles. The van der Waals surface area contributed by atoms with Crippen LogP contribution in [0.5, 0.6) is 0 Å². The Morgan fingerprint density at radius 3 is 2.24 bits per heavy atom. The highest BCUT2D eigenvalue weighted by Gasteiger charge is 2.21. The highest BCUT2D eigenvalue weighted by atomic mass is 35.5. The summed E-state index contributed by atoms with van der Waals surface area (Å²) in [5, 5.41) is 0.0432. The number of hydrogen-bond donors (Lipinski definition) is 2. The van der Waals surface area contributed by atoms with Gasteiger partial charge in [0.2, 0.25) is 10.0 Å². The van der Waals surface area contributed by atoms with Gasteiger partial charge < -0.3 is 5.73 Å². The van der Waals surface area contributed by atoms with Gasteiger partial charge in [-0.15, -0.1) is 0 Å². The lowest BCUT2D eigenvalue weighted by molar-refractivity contribution is 0.585. The molecule has 0 spiro atoms. The number of rotatable bonds is 4. The van der Waals surface area contributed by atoms with Crippen molar-refractivity contribution in [1.29, 1.82) is 0 Å². The van der Waals surface area contributed by atoms with Crippen molar-refractivity contribution in [2.24, 2.45) is 0 Å². The van der Waals surface area contributed by atoms with E-state index in [0.29, 0.717) is 0 Å². The Morgan fingerprint density at radius 1 is 1.35 bits per heavy atom. The smallest absolute Gasteiger partial charge is 0.243 e. The lowest BCUT2D eigenvalue weighted by Gasteiger charge is -2.10. The van der Waals surface area contributed by atoms with Gasteiger partial charge in [-0.25, -0.2) is 13.1 Å². The summed E-state index contributed by atoms with van der Waals surface area (Å²) in [7, 11) is -3.85. The van der Waals surface area contributed by atoms with Crippen molar-refractivity contribution in [2.45, 2.75) is 4.90 Å². The van der Waals surface area contributed by atoms with Gasteiger partial charge in [-0.1, -0.05) is 41.4 Å². The number of sulfonamides is 1. The van der Waals surface area contributed by atoms with Crippen molar-refractivity contribution in [1.82, 2.24) is 4.72 Å². The van der Waals surface area contributed by atoms with Gasteiger partial charge >= 0.3 is 0 Å². The highest BCUT2D eigenvalue weighted by Crippen LogP contribution is 2.31. The minimum atomic E-state index is -3.85. The molecule has 1 aromatic carbocycles. The van der Waals surface area contributed by atoms with E-state index in [1.807, 2.05) is 0 Å². The summed E-state index contributed by atoms with van der Waals surface area (Å²) < 4.78 is 25.9. The Hall–Kier alpha value is -0.460. The lowest BCUT2D eigenvalue weighted by atomic mass is 10.3. The summed E-state index contributed by atoms with van der Waals surface area (Å²) in [5.74, 6) is 0. The van der Waals surface area contributed by atoms with Crippen LogP contribution in [0.3, 0.4) is 0 Å². The van der Waals surface area contributed by atoms with Crippen molar-refractivity contribution >= 4 is 50.5 Å². The number of nitrogens with one attached hydrogen (secondary N) is 1. The zero-order valence-corrected chi connectivity index (χ0v) is 11.6. The second-order valence-electron chi connectivity index (χ2n) is 3.16. The molecule has 4 nitrogen and oxygen atoms in total. The Balaban J connectivity index is 3.20. The predicted molar refractivity (Wildman–Crippen MR) is 71.1 cm³/mol. The van der Waals surface area contributed by atoms with E-state index in [0.717, 1.165) is 0 Å². The second-order valence-corrected chi connectivity index (χ2v) is 6.21. The van der Waals surface area contributed by atoms with Gasteiger partial charge in [-0.2, -0.15) is 0 Å². The molecule has 1 rings (SSSR count). The van der Waals surface area contributed by atoms with E-state index in [1.165, 1.54) is 12.1 Å². The maximum atomic E-state index is 11.9. The molecule has 0 atom stereocenters. The average Bonchev–Trinajstić information content (AvgIpc) is 2.12. The molecule has 0 amide bonds. The topological polar surface area (TPSA) is 72.2 Å². The maximum absolute atomic E-state index is 11.9. The molecule has 3 N–H and O–H groups in total. The number of nitrogens with two attached hydrogens (primary N) is 1. The monoisotopic (exact) mass is 314 g/mol. The Kier molecular flexibility index (Phi) is 4.69. The van der Waals surface area contributed by atoms with E-state index in [9.17, 15) is 8.42 Å². The zero-order chi connectivity index (χ0) is 13.2. The molecule has 1 aromatic rings. The molecule has 0 unspecified atom stereocenters. The molecule has 0 heterocycles. The number of anilines is 1. The maximum Gasteiger partial charge on any atom is 0.243 e. The Labute approximate surface area is 114 Å². The molecule has 94 valence electrons. The summed E-state index contributed by atoms with van der Waals surface area (Å²) >= 11 is 17.1. The van der Waals surface area contributed by atoms with Crippen LogP contribution < -0.4 is 10.5 Å². The van der Waals surface area contributed by atoms with Gasteiger partial charge in [0.25, 0.3) is 0 Å². The van der Waals surface area contributed by atoms with Gasteiger partial charge in [0.15, 0.2) is 0 Å². The summed E-state index contributed by atoms with van der Waals surface area (Å²) in [5.41, 5.74) is 5.75. The summed E-state index contributed by atoms with van der Waals surface area (Å²) in [6.07, 6.45) is 0. The van der Waals surface area contributed by atoms with Crippen molar-refractivity contribution in [2.75, 3.05) is 12.3 Å². The van der Waals surface area contributed by atoms with E-state index in [1.54, 1.807) is 0 Å². The van der Waals surface area contributed by atoms with Crippen LogP contribution >= 0.6 is 34.8 Å². The van der Waals surface area contributed by atoms with Crippen molar-refractivity contribution in [3.8, 4) is 0 Å². The molecule has 0 saturated heterocycles. The minimum Gasteiger partial charge on any atom is -0.399 e. The molecule has 17 heavy (non-hydrogen) atoms. The van der Waals surface area contributed by atoms with Gasteiger partial charge in [0, 0.05) is 17.3 Å². The first kappa shape index (κ1) is 14.6. The van der Waals surface area contributed by atoms with Crippen LogP contribution in [0.25, 0.3) is 0 Å². The molecule has 0 aliphatic heterocycles. The van der Waals surface area contributed by atoms with Gasteiger partial charge in [-0.3, -0.25) is 0 Å². The fraction of sp³-hybridized carbons (Fsp3) is 0.111. The van der Waals surface area contributed by atoms with Crippen LogP contribution in [0, 0.1) is 0 Å². The van der Waals surface area contributed by atoms with Crippen molar-refractivity contribution in [3.63, 3.8) is 0 Å². The summed E-state index contributed by atoms with van der Waals surface area (Å²) in [4.78, 5) is -0.229.